The molecule has 3 aliphatic rings. The predicted molar refractivity (Wildman–Crippen MR) is 153 cm³/mol. The Hall–Kier alpha value is -4.13. The van der Waals surface area contributed by atoms with Crippen molar-refractivity contribution in [3.05, 3.63) is 107 Å². The lowest BCUT2D eigenvalue weighted by Crippen LogP contribution is -2.54. The smallest absolute Gasteiger partial charge is 0.289 e. The lowest BCUT2D eigenvalue weighted by atomic mass is 9.89. The number of benzene rings is 3. The quantitative estimate of drug-likeness (QED) is 0.402. The van der Waals surface area contributed by atoms with Crippen molar-refractivity contribution in [2.24, 2.45) is 0 Å². The fourth-order valence-corrected chi connectivity index (χ4v) is 6.06. The number of ether oxygens (including phenoxy) is 1. The van der Waals surface area contributed by atoms with Crippen molar-refractivity contribution in [1.29, 1.82) is 0 Å². The molecule has 0 spiro atoms. The van der Waals surface area contributed by atoms with Gasteiger partial charge in [-0.3, -0.25) is 9.59 Å². The molecule has 3 fully saturated rings. The summed E-state index contributed by atoms with van der Waals surface area (Å²) in [6.07, 6.45) is 5.58. The van der Waals surface area contributed by atoms with Gasteiger partial charge >= 0.3 is 0 Å². The van der Waals surface area contributed by atoms with Gasteiger partial charge in [-0.25, -0.2) is 4.39 Å². The fourth-order valence-electron chi connectivity index (χ4n) is 6.06. The van der Waals surface area contributed by atoms with Gasteiger partial charge in [-0.1, -0.05) is 48.9 Å². The molecule has 2 saturated heterocycles. The molecule has 2 unspecified atom stereocenters. The van der Waals surface area contributed by atoms with E-state index in [-0.39, 0.29) is 29.8 Å². The molecule has 2 aliphatic heterocycles. The van der Waals surface area contributed by atoms with E-state index in [1.165, 1.54) is 17.8 Å². The third kappa shape index (κ3) is 5.60. The van der Waals surface area contributed by atoms with E-state index in [9.17, 15) is 14.0 Å². The molecular formula is C33H34FN3O3. The number of piperazine rings is 1. The normalized spacial score (nSPS) is 22.2. The van der Waals surface area contributed by atoms with E-state index >= 15 is 0 Å². The van der Waals surface area contributed by atoms with Crippen LogP contribution in [0.5, 0.6) is 0 Å². The van der Waals surface area contributed by atoms with Crippen molar-refractivity contribution in [2.75, 3.05) is 31.1 Å². The van der Waals surface area contributed by atoms with Crippen molar-refractivity contribution in [2.45, 2.75) is 44.4 Å². The maximum atomic E-state index is 13.8. The van der Waals surface area contributed by atoms with Crippen LogP contribution < -0.4 is 4.90 Å². The van der Waals surface area contributed by atoms with E-state index < -0.39 is 0 Å². The molecule has 6 rings (SSSR count). The summed E-state index contributed by atoms with van der Waals surface area (Å²) in [6, 6.07) is 24.1. The van der Waals surface area contributed by atoms with E-state index in [4.69, 9.17) is 4.74 Å². The first-order valence-corrected chi connectivity index (χ1v) is 14.2. The summed E-state index contributed by atoms with van der Waals surface area (Å²) in [5, 5.41) is 0. The van der Waals surface area contributed by atoms with Crippen LogP contribution in [0.2, 0.25) is 0 Å². The number of morpholine rings is 1. The topological polar surface area (TPSA) is 53.1 Å². The number of hydrogen-bond acceptors (Lipinski definition) is 4. The van der Waals surface area contributed by atoms with Gasteiger partial charge in [-0.15, -0.1) is 0 Å². The molecule has 0 aromatic heterocycles. The second-order valence-corrected chi connectivity index (χ2v) is 10.8. The molecule has 6 nitrogen and oxygen atoms in total. The number of para-hydroxylation sites is 1. The highest BCUT2D eigenvalue weighted by Gasteiger charge is 2.41. The maximum absolute atomic E-state index is 13.8. The SMILES string of the molecule is O=C(c1ccc(/C=C2\OC3CCCCC3N(Cc3cccc(F)c3)C2=O)cc1)N1CCN(c2ccccc2)CC1. The van der Waals surface area contributed by atoms with Crippen LogP contribution in [-0.4, -0.2) is 59.9 Å². The molecule has 2 heterocycles. The molecule has 0 bridgehead atoms. The fraction of sp³-hybridized carbons (Fsp3) is 0.333. The average molecular weight is 540 g/mol. The van der Waals surface area contributed by atoms with Gasteiger partial charge in [0.15, 0.2) is 5.76 Å². The van der Waals surface area contributed by atoms with Crippen LogP contribution in [0.15, 0.2) is 84.6 Å². The monoisotopic (exact) mass is 539 g/mol. The molecule has 2 atom stereocenters. The number of fused-ring (bicyclic) bond motifs is 1. The average Bonchev–Trinajstić information content (AvgIpc) is 3.00. The number of carbonyl (C=O) groups is 2. The molecule has 1 saturated carbocycles. The second kappa shape index (κ2) is 11.5. The van der Waals surface area contributed by atoms with E-state index in [1.54, 1.807) is 12.1 Å². The summed E-state index contributed by atoms with van der Waals surface area (Å²) in [5.41, 5.74) is 3.38. The van der Waals surface area contributed by atoms with E-state index in [0.717, 1.165) is 49.9 Å². The number of carbonyl (C=O) groups excluding carboxylic acids is 2. The first-order valence-electron chi connectivity index (χ1n) is 14.2. The first-order chi connectivity index (χ1) is 19.5. The highest BCUT2D eigenvalue weighted by atomic mass is 19.1. The van der Waals surface area contributed by atoms with Gasteiger partial charge in [-0.2, -0.15) is 0 Å². The highest BCUT2D eigenvalue weighted by molar-refractivity contribution is 5.97. The Labute approximate surface area is 234 Å². The molecule has 206 valence electrons. The summed E-state index contributed by atoms with van der Waals surface area (Å²) in [5.74, 6) is -0.162. The minimum atomic E-state index is -0.304. The number of nitrogens with zero attached hydrogens (tertiary/aromatic N) is 3. The molecule has 3 aromatic rings. The second-order valence-electron chi connectivity index (χ2n) is 10.8. The molecule has 2 amide bonds. The van der Waals surface area contributed by atoms with Crippen LogP contribution in [0.25, 0.3) is 6.08 Å². The summed E-state index contributed by atoms with van der Waals surface area (Å²) in [7, 11) is 0. The molecule has 0 radical (unpaired) electrons. The zero-order valence-electron chi connectivity index (χ0n) is 22.5. The lowest BCUT2D eigenvalue weighted by Gasteiger charge is -2.44. The van der Waals surface area contributed by atoms with E-state index in [1.807, 2.05) is 58.3 Å². The summed E-state index contributed by atoms with van der Waals surface area (Å²) in [4.78, 5) is 32.8. The number of amides is 2. The Morgan fingerprint density at radius 2 is 1.65 bits per heavy atom. The van der Waals surface area contributed by atoms with Crippen molar-refractivity contribution < 1.29 is 18.7 Å². The maximum Gasteiger partial charge on any atom is 0.289 e. The molecule has 3 aromatic carbocycles. The standard InChI is InChI=1S/C33H34FN3O3/c34-27-8-6-7-25(21-27)23-37-29-11-4-5-12-30(29)40-31(33(37)39)22-24-13-15-26(16-14-24)32(38)36-19-17-35(18-20-36)28-9-2-1-3-10-28/h1-3,6-10,13-16,21-22,29-30H,4-5,11-12,17-20,23H2/b31-22-. The number of hydrogen-bond donors (Lipinski definition) is 0. The molecule has 1 aliphatic carbocycles. The Kier molecular flexibility index (Phi) is 7.53. The predicted octanol–water partition coefficient (Wildman–Crippen LogP) is 5.50. The van der Waals surface area contributed by atoms with Gasteiger partial charge in [-0.05, 0) is 72.9 Å². The molecule has 7 heteroatoms. The third-order valence-corrected chi connectivity index (χ3v) is 8.20. The Bertz CT molecular complexity index is 1380. The van der Waals surface area contributed by atoms with Gasteiger partial charge in [0, 0.05) is 44.0 Å². The van der Waals surface area contributed by atoms with Crippen molar-refractivity contribution in [3.8, 4) is 0 Å². The summed E-state index contributed by atoms with van der Waals surface area (Å²) < 4.78 is 20.1. The van der Waals surface area contributed by atoms with E-state index in [2.05, 4.69) is 17.0 Å². The molecular weight excluding hydrogens is 505 g/mol. The van der Waals surface area contributed by atoms with Crippen LogP contribution in [-0.2, 0) is 16.1 Å². The number of anilines is 1. The van der Waals surface area contributed by atoms with Crippen LogP contribution in [0, 0.1) is 5.82 Å². The van der Waals surface area contributed by atoms with Gasteiger partial charge in [0.1, 0.15) is 11.9 Å². The van der Waals surface area contributed by atoms with Gasteiger partial charge < -0.3 is 19.4 Å². The lowest BCUT2D eigenvalue weighted by molar-refractivity contribution is -0.149. The highest BCUT2D eigenvalue weighted by Crippen LogP contribution is 2.34. The Morgan fingerprint density at radius 3 is 2.40 bits per heavy atom. The number of rotatable bonds is 5. The minimum absolute atomic E-state index is 0.0102. The Balaban J connectivity index is 1.14. The third-order valence-electron chi connectivity index (χ3n) is 8.20. The van der Waals surface area contributed by atoms with E-state index in [0.29, 0.717) is 31.0 Å². The Morgan fingerprint density at radius 1 is 0.900 bits per heavy atom. The van der Waals surface area contributed by atoms with Crippen molar-refractivity contribution in [3.63, 3.8) is 0 Å². The van der Waals surface area contributed by atoms with Gasteiger partial charge in [0.25, 0.3) is 11.8 Å². The zero-order chi connectivity index (χ0) is 27.5. The van der Waals surface area contributed by atoms with Crippen LogP contribution in [0.4, 0.5) is 10.1 Å². The summed E-state index contributed by atoms with van der Waals surface area (Å²) in [6.45, 7) is 3.29. The largest absolute Gasteiger partial charge is 0.482 e. The zero-order valence-corrected chi connectivity index (χ0v) is 22.5. The number of halogens is 1. The van der Waals surface area contributed by atoms with Crippen molar-refractivity contribution in [1.82, 2.24) is 9.80 Å². The first kappa shape index (κ1) is 26.1. The molecule has 0 N–H and O–H groups in total. The molecule has 40 heavy (non-hydrogen) atoms. The van der Waals surface area contributed by atoms with Gasteiger partial charge in [0.2, 0.25) is 0 Å². The van der Waals surface area contributed by atoms with Crippen LogP contribution >= 0.6 is 0 Å². The van der Waals surface area contributed by atoms with Gasteiger partial charge in [0.05, 0.1) is 6.04 Å². The minimum Gasteiger partial charge on any atom is -0.482 e. The van der Waals surface area contributed by atoms with Crippen LogP contribution in [0.1, 0.15) is 47.2 Å². The summed E-state index contributed by atoms with van der Waals surface area (Å²) >= 11 is 0. The van der Waals surface area contributed by atoms with Crippen LogP contribution in [0.3, 0.4) is 0 Å². The van der Waals surface area contributed by atoms with Crippen molar-refractivity contribution >= 4 is 23.6 Å².